The Labute approximate surface area is 186 Å². The van der Waals surface area contributed by atoms with Crippen molar-refractivity contribution in [2.45, 2.75) is 25.4 Å². The molecule has 0 radical (unpaired) electrons. The molecule has 1 atom stereocenters. The zero-order valence-electron chi connectivity index (χ0n) is 18.0. The molecule has 1 aromatic carbocycles. The van der Waals surface area contributed by atoms with Gasteiger partial charge in [-0.15, -0.1) is 0 Å². The van der Waals surface area contributed by atoms with E-state index >= 15 is 0 Å². The van der Waals surface area contributed by atoms with Gasteiger partial charge in [0.25, 0.3) is 5.91 Å². The molecule has 166 valence electrons. The predicted molar refractivity (Wildman–Crippen MR) is 117 cm³/mol. The number of amides is 1. The van der Waals surface area contributed by atoms with Crippen LogP contribution in [-0.4, -0.2) is 52.0 Å². The zero-order chi connectivity index (χ0) is 22.7. The molecule has 0 spiro atoms. The third kappa shape index (κ3) is 3.91. The van der Waals surface area contributed by atoms with E-state index in [1.54, 1.807) is 50.0 Å². The number of methoxy groups -OCH3 is 2. The van der Waals surface area contributed by atoms with Gasteiger partial charge in [-0.2, -0.15) is 0 Å². The smallest absolute Gasteiger partial charge is 0.290 e. The number of rotatable bonds is 9. The Balaban J connectivity index is 1.71. The maximum Gasteiger partial charge on any atom is 0.290 e. The van der Waals surface area contributed by atoms with Crippen molar-refractivity contribution in [2.24, 2.45) is 0 Å². The summed E-state index contributed by atoms with van der Waals surface area (Å²) in [4.78, 5) is 32.0. The van der Waals surface area contributed by atoms with E-state index in [1.807, 2.05) is 16.8 Å². The molecule has 1 aromatic heterocycles. The molecule has 0 bridgehead atoms. The lowest BCUT2D eigenvalue weighted by Crippen LogP contribution is -2.33. The fourth-order valence-electron chi connectivity index (χ4n) is 4.12. The monoisotopic (exact) mass is 435 g/mol. The summed E-state index contributed by atoms with van der Waals surface area (Å²) in [6.07, 6.45) is 11.7. The van der Waals surface area contributed by atoms with Crippen molar-refractivity contribution >= 4 is 11.7 Å². The maximum atomic E-state index is 13.3. The number of benzene rings is 1. The Bertz CT molecular complexity index is 1110. The van der Waals surface area contributed by atoms with Gasteiger partial charge in [0.1, 0.15) is 11.5 Å². The number of carbonyl (C=O) groups is 2. The van der Waals surface area contributed by atoms with Gasteiger partial charge in [0, 0.05) is 42.7 Å². The summed E-state index contributed by atoms with van der Waals surface area (Å²) >= 11 is 0. The van der Waals surface area contributed by atoms with Crippen LogP contribution < -0.4 is 9.47 Å². The number of Topliss-reactive ketones (excluding diaryl/α,β-unsaturated/α-hetero) is 1. The van der Waals surface area contributed by atoms with E-state index in [4.69, 9.17) is 9.47 Å². The second kappa shape index (κ2) is 9.13. The minimum Gasteiger partial charge on any atom is -0.503 e. The number of hydrogen-bond acceptors (Lipinski definition) is 6. The number of carbonyl (C=O) groups excluding carboxylic acids is 2. The topological polar surface area (TPSA) is 93.9 Å². The Morgan fingerprint density at radius 3 is 2.75 bits per heavy atom. The van der Waals surface area contributed by atoms with Crippen molar-refractivity contribution in [3.8, 4) is 11.5 Å². The van der Waals surface area contributed by atoms with Crippen LogP contribution >= 0.6 is 0 Å². The highest BCUT2D eigenvalue weighted by molar-refractivity contribution is 6.16. The SMILES string of the molecule is COc1ccc(C2C(C(=O)C3=CC=CC3)=C(O)C(=O)N2CCCn2ccnc2)c(OC)c1. The number of aryl methyl sites for hydroxylation is 1. The number of aliphatic hydroxyl groups is 1. The van der Waals surface area contributed by atoms with Gasteiger partial charge >= 0.3 is 0 Å². The first-order valence-corrected chi connectivity index (χ1v) is 10.4. The summed E-state index contributed by atoms with van der Waals surface area (Å²) in [6, 6.07) is 4.46. The van der Waals surface area contributed by atoms with Gasteiger partial charge in [0.05, 0.1) is 32.2 Å². The zero-order valence-corrected chi connectivity index (χ0v) is 18.0. The van der Waals surface area contributed by atoms with E-state index < -0.39 is 17.7 Å². The molecule has 2 heterocycles. The molecule has 4 rings (SSSR count). The fourth-order valence-corrected chi connectivity index (χ4v) is 4.12. The first-order valence-electron chi connectivity index (χ1n) is 10.4. The van der Waals surface area contributed by atoms with Crippen molar-refractivity contribution in [2.75, 3.05) is 20.8 Å². The van der Waals surface area contributed by atoms with Crippen molar-refractivity contribution in [3.05, 3.63) is 77.6 Å². The molecule has 8 nitrogen and oxygen atoms in total. The second-order valence-electron chi connectivity index (χ2n) is 7.58. The van der Waals surface area contributed by atoms with E-state index in [2.05, 4.69) is 4.98 Å². The third-order valence-corrected chi connectivity index (χ3v) is 5.72. The number of nitrogens with zero attached hydrogens (tertiary/aromatic N) is 3. The number of aliphatic hydroxyl groups excluding tert-OH is 1. The van der Waals surface area contributed by atoms with Crippen molar-refractivity contribution < 1.29 is 24.2 Å². The van der Waals surface area contributed by atoms with Crippen LogP contribution in [0.1, 0.15) is 24.4 Å². The first-order chi connectivity index (χ1) is 15.5. The lowest BCUT2D eigenvalue weighted by atomic mass is 9.91. The summed E-state index contributed by atoms with van der Waals surface area (Å²) in [5, 5.41) is 10.8. The molecule has 2 aromatic rings. The number of imidazole rings is 1. The summed E-state index contributed by atoms with van der Waals surface area (Å²) in [6.45, 7) is 0.990. The van der Waals surface area contributed by atoms with Gasteiger partial charge in [-0.25, -0.2) is 4.98 Å². The highest BCUT2D eigenvalue weighted by Gasteiger charge is 2.45. The van der Waals surface area contributed by atoms with E-state index in [0.717, 1.165) is 0 Å². The summed E-state index contributed by atoms with van der Waals surface area (Å²) < 4.78 is 12.8. The first kappa shape index (κ1) is 21.4. The number of allylic oxidation sites excluding steroid dienone is 4. The molecule has 2 aliphatic rings. The molecule has 8 heteroatoms. The number of ether oxygens (including phenoxy) is 2. The van der Waals surface area contributed by atoms with Crippen LogP contribution in [0.2, 0.25) is 0 Å². The van der Waals surface area contributed by atoms with E-state index in [0.29, 0.717) is 48.6 Å². The number of ketones is 1. The van der Waals surface area contributed by atoms with E-state index in [1.165, 1.54) is 12.0 Å². The van der Waals surface area contributed by atoms with Gasteiger partial charge < -0.3 is 24.0 Å². The summed E-state index contributed by atoms with van der Waals surface area (Å²) in [7, 11) is 3.07. The number of hydrogen-bond donors (Lipinski definition) is 1. The van der Waals surface area contributed by atoms with Gasteiger partial charge in [-0.1, -0.05) is 18.2 Å². The van der Waals surface area contributed by atoms with Crippen molar-refractivity contribution in [1.29, 1.82) is 0 Å². The van der Waals surface area contributed by atoms with Crippen LogP contribution in [0.15, 0.2) is 72.1 Å². The standard InChI is InChI=1S/C24H25N3O5/c1-31-17-8-9-18(19(14-17)32-2)21-20(22(28)16-6-3-4-7-16)23(29)24(30)27(21)12-5-11-26-13-10-25-15-26/h3-4,6,8-10,13-15,21,29H,5,7,11-12H2,1-2H3. The number of aromatic nitrogens is 2. The Hall–Kier alpha value is -3.81. The molecule has 1 unspecified atom stereocenters. The average Bonchev–Trinajstić information content (AvgIpc) is 3.57. The molecule has 0 fully saturated rings. The minimum absolute atomic E-state index is 0.0797. The predicted octanol–water partition coefficient (Wildman–Crippen LogP) is 3.14. The maximum absolute atomic E-state index is 13.3. The van der Waals surface area contributed by atoms with Crippen LogP contribution in [0, 0.1) is 0 Å². The molecule has 0 saturated heterocycles. The largest absolute Gasteiger partial charge is 0.503 e. The van der Waals surface area contributed by atoms with Crippen LogP contribution in [0.5, 0.6) is 11.5 Å². The van der Waals surface area contributed by atoms with Crippen molar-refractivity contribution in [3.63, 3.8) is 0 Å². The highest BCUT2D eigenvalue weighted by Crippen LogP contribution is 2.43. The Kier molecular flexibility index (Phi) is 6.11. The quantitative estimate of drug-likeness (QED) is 0.650. The summed E-state index contributed by atoms with van der Waals surface area (Å²) in [5.41, 5.74) is 1.23. The van der Waals surface area contributed by atoms with Crippen LogP contribution in [0.3, 0.4) is 0 Å². The molecular weight excluding hydrogens is 410 g/mol. The van der Waals surface area contributed by atoms with Gasteiger partial charge in [-0.05, 0) is 25.0 Å². The molecule has 1 aliphatic carbocycles. The van der Waals surface area contributed by atoms with Crippen molar-refractivity contribution in [1.82, 2.24) is 14.5 Å². The third-order valence-electron chi connectivity index (χ3n) is 5.72. The summed E-state index contributed by atoms with van der Waals surface area (Å²) in [5.74, 6) is -0.340. The van der Waals surface area contributed by atoms with Crippen LogP contribution in [-0.2, 0) is 16.1 Å². The Morgan fingerprint density at radius 2 is 2.09 bits per heavy atom. The molecule has 1 amide bonds. The molecular formula is C24H25N3O5. The van der Waals surface area contributed by atoms with Gasteiger partial charge in [0.2, 0.25) is 0 Å². The second-order valence-corrected chi connectivity index (χ2v) is 7.58. The fraction of sp³-hybridized carbons (Fsp3) is 0.292. The lowest BCUT2D eigenvalue weighted by molar-refractivity contribution is -0.129. The normalized spacial score (nSPS) is 17.8. The molecule has 1 N–H and O–H groups in total. The highest BCUT2D eigenvalue weighted by atomic mass is 16.5. The average molecular weight is 435 g/mol. The molecule has 0 saturated carbocycles. The molecule has 1 aliphatic heterocycles. The van der Waals surface area contributed by atoms with Gasteiger partial charge in [-0.3, -0.25) is 9.59 Å². The minimum atomic E-state index is -0.764. The Morgan fingerprint density at radius 1 is 1.25 bits per heavy atom. The lowest BCUT2D eigenvalue weighted by Gasteiger charge is -2.28. The van der Waals surface area contributed by atoms with Crippen LogP contribution in [0.4, 0.5) is 0 Å². The van der Waals surface area contributed by atoms with E-state index in [9.17, 15) is 14.7 Å². The van der Waals surface area contributed by atoms with Crippen LogP contribution in [0.25, 0.3) is 0 Å². The van der Waals surface area contributed by atoms with E-state index in [-0.39, 0.29) is 11.4 Å². The van der Waals surface area contributed by atoms with Gasteiger partial charge in [0.15, 0.2) is 11.5 Å². The molecule has 32 heavy (non-hydrogen) atoms.